The fourth-order valence-corrected chi connectivity index (χ4v) is 2.72. The van der Waals surface area contributed by atoms with Gasteiger partial charge in [0.15, 0.2) is 0 Å². The Labute approximate surface area is 113 Å². The molecular weight excluding hydrogens is 246 g/mol. The molecule has 1 amide bonds. The van der Waals surface area contributed by atoms with Gasteiger partial charge in [-0.25, -0.2) is 0 Å². The van der Waals surface area contributed by atoms with Crippen LogP contribution < -0.4 is 0 Å². The summed E-state index contributed by atoms with van der Waals surface area (Å²) in [4.78, 5) is 25.0. The summed E-state index contributed by atoms with van der Waals surface area (Å²) in [5.41, 5.74) is 0. The number of nitrogens with zero attached hydrogens (tertiary/aromatic N) is 1. The van der Waals surface area contributed by atoms with E-state index in [9.17, 15) is 14.7 Å². The van der Waals surface area contributed by atoms with E-state index in [1.165, 1.54) is 0 Å². The molecule has 1 aliphatic heterocycles. The van der Waals surface area contributed by atoms with E-state index < -0.39 is 5.97 Å². The van der Waals surface area contributed by atoms with Gasteiger partial charge >= 0.3 is 5.97 Å². The number of rotatable bonds is 6. The van der Waals surface area contributed by atoms with Crippen LogP contribution in [0.3, 0.4) is 0 Å². The topological polar surface area (TPSA) is 66.8 Å². The number of carboxylic acid groups (broad SMARTS) is 1. The van der Waals surface area contributed by atoms with Gasteiger partial charge in [-0.15, -0.1) is 0 Å². The number of likely N-dealkylation sites (tertiary alicyclic amines) is 1. The first-order valence-electron chi connectivity index (χ1n) is 7.15. The molecule has 1 saturated carbocycles. The lowest BCUT2D eigenvalue weighted by atomic mass is 9.92. The minimum Gasteiger partial charge on any atom is -0.481 e. The third-order valence-electron chi connectivity index (χ3n) is 4.33. The van der Waals surface area contributed by atoms with Gasteiger partial charge in [-0.1, -0.05) is 6.92 Å². The number of hydrogen-bond donors (Lipinski definition) is 1. The van der Waals surface area contributed by atoms with Crippen molar-refractivity contribution < 1.29 is 19.4 Å². The first-order chi connectivity index (χ1) is 9.02. The van der Waals surface area contributed by atoms with E-state index >= 15 is 0 Å². The normalized spacial score (nSPS) is 28.4. The second kappa shape index (κ2) is 5.90. The van der Waals surface area contributed by atoms with Crippen molar-refractivity contribution in [3.8, 4) is 0 Å². The van der Waals surface area contributed by atoms with Gasteiger partial charge in [0.1, 0.15) is 6.61 Å². The molecule has 3 atom stereocenters. The maximum atomic E-state index is 12.0. The summed E-state index contributed by atoms with van der Waals surface area (Å²) in [5.74, 6) is -0.579. The first-order valence-corrected chi connectivity index (χ1v) is 7.15. The van der Waals surface area contributed by atoms with E-state index in [-0.39, 0.29) is 30.5 Å². The first kappa shape index (κ1) is 14.3. The zero-order chi connectivity index (χ0) is 14.0. The molecular formula is C14H23NO4. The van der Waals surface area contributed by atoms with Crippen LogP contribution in [0.5, 0.6) is 0 Å². The number of aliphatic carboxylic acids is 1. The molecule has 0 bridgehead atoms. The Balaban J connectivity index is 1.87. The van der Waals surface area contributed by atoms with Crippen LogP contribution in [0.2, 0.25) is 0 Å². The van der Waals surface area contributed by atoms with Crippen molar-refractivity contribution in [3.63, 3.8) is 0 Å². The van der Waals surface area contributed by atoms with Crippen LogP contribution in [0.25, 0.3) is 0 Å². The van der Waals surface area contributed by atoms with Crippen molar-refractivity contribution in [1.29, 1.82) is 0 Å². The van der Waals surface area contributed by atoms with E-state index in [1.807, 2.05) is 13.8 Å². The number of hydrogen-bond acceptors (Lipinski definition) is 3. The van der Waals surface area contributed by atoms with Gasteiger partial charge in [0.2, 0.25) is 5.91 Å². The molecule has 1 heterocycles. The minimum atomic E-state index is -0.768. The van der Waals surface area contributed by atoms with Crippen molar-refractivity contribution in [3.05, 3.63) is 0 Å². The molecule has 1 unspecified atom stereocenters. The number of ether oxygens (including phenoxy) is 1. The summed E-state index contributed by atoms with van der Waals surface area (Å²) in [6.45, 7) is 4.95. The highest BCUT2D eigenvalue weighted by molar-refractivity contribution is 5.80. The quantitative estimate of drug-likeness (QED) is 0.791. The molecule has 5 heteroatoms. The monoisotopic (exact) mass is 269 g/mol. The molecule has 1 N–H and O–H groups in total. The predicted octanol–water partition coefficient (Wildman–Crippen LogP) is 1.37. The Morgan fingerprint density at radius 2 is 2.05 bits per heavy atom. The van der Waals surface area contributed by atoms with Crippen LogP contribution in [-0.2, 0) is 14.3 Å². The molecule has 5 nitrogen and oxygen atoms in total. The van der Waals surface area contributed by atoms with Crippen LogP contribution in [0.4, 0.5) is 0 Å². The Hall–Kier alpha value is -1.10. The average molecular weight is 269 g/mol. The van der Waals surface area contributed by atoms with Crippen molar-refractivity contribution >= 4 is 11.9 Å². The van der Waals surface area contributed by atoms with Crippen LogP contribution >= 0.6 is 0 Å². The molecule has 2 rings (SSSR count). The average Bonchev–Trinajstić information content (AvgIpc) is 3.13. The Bertz CT molecular complexity index is 353. The van der Waals surface area contributed by atoms with Crippen molar-refractivity contribution in [2.24, 2.45) is 17.8 Å². The Morgan fingerprint density at radius 1 is 1.37 bits per heavy atom. The summed E-state index contributed by atoms with van der Waals surface area (Å²) in [5, 5.41) is 9.25. The zero-order valence-electron chi connectivity index (χ0n) is 11.7. The van der Waals surface area contributed by atoms with Crippen LogP contribution in [-0.4, -0.2) is 47.7 Å². The molecule has 2 aliphatic rings. The Kier molecular flexibility index (Phi) is 4.45. The summed E-state index contributed by atoms with van der Waals surface area (Å²) < 4.78 is 5.43. The SMILES string of the molecule is CCC(C)OCC(=O)N1C[C@H](C(=O)O)[C@@H](C2CC2)C1. The molecule has 1 aliphatic carbocycles. The minimum absolute atomic E-state index is 0.0682. The summed E-state index contributed by atoms with van der Waals surface area (Å²) in [6, 6.07) is 0. The summed E-state index contributed by atoms with van der Waals surface area (Å²) >= 11 is 0. The van der Waals surface area contributed by atoms with Gasteiger partial charge in [0.25, 0.3) is 0 Å². The van der Waals surface area contributed by atoms with Crippen molar-refractivity contribution in [2.75, 3.05) is 19.7 Å². The number of carbonyl (C=O) groups excluding carboxylic acids is 1. The van der Waals surface area contributed by atoms with Gasteiger partial charge in [-0.2, -0.15) is 0 Å². The van der Waals surface area contributed by atoms with Crippen LogP contribution in [0, 0.1) is 17.8 Å². The molecule has 0 spiro atoms. The largest absolute Gasteiger partial charge is 0.481 e. The number of amides is 1. The highest BCUT2D eigenvalue weighted by Gasteiger charge is 2.46. The van der Waals surface area contributed by atoms with E-state index in [0.717, 1.165) is 19.3 Å². The third kappa shape index (κ3) is 3.47. The molecule has 0 aromatic heterocycles. The lowest BCUT2D eigenvalue weighted by Crippen LogP contribution is -2.34. The maximum absolute atomic E-state index is 12.0. The van der Waals surface area contributed by atoms with Gasteiger partial charge in [0.05, 0.1) is 12.0 Å². The summed E-state index contributed by atoms with van der Waals surface area (Å²) in [7, 11) is 0. The molecule has 108 valence electrons. The van der Waals surface area contributed by atoms with Gasteiger partial charge < -0.3 is 14.7 Å². The summed E-state index contributed by atoms with van der Waals surface area (Å²) in [6.07, 6.45) is 3.16. The Morgan fingerprint density at radius 3 is 2.58 bits per heavy atom. The fourth-order valence-electron chi connectivity index (χ4n) is 2.72. The van der Waals surface area contributed by atoms with Gasteiger partial charge in [-0.3, -0.25) is 9.59 Å². The zero-order valence-corrected chi connectivity index (χ0v) is 11.7. The van der Waals surface area contributed by atoms with E-state index in [1.54, 1.807) is 4.90 Å². The molecule has 0 aromatic rings. The molecule has 0 radical (unpaired) electrons. The number of carboxylic acids is 1. The molecule has 1 saturated heterocycles. The van der Waals surface area contributed by atoms with Crippen LogP contribution in [0.15, 0.2) is 0 Å². The second-order valence-corrected chi connectivity index (χ2v) is 5.77. The number of carbonyl (C=O) groups is 2. The van der Waals surface area contributed by atoms with Crippen molar-refractivity contribution in [2.45, 2.75) is 39.2 Å². The smallest absolute Gasteiger partial charge is 0.308 e. The highest BCUT2D eigenvalue weighted by atomic mass is 16.5. The van der Waals surface area contributed by atoms with E-state index in [2.05, 4.69) is 0 Å². The van der Waals surface area contributed by atoms with E-state index in [0.29, 0.717) is 19.0 Å². The standard InChI is InChI=1S/C14H23NO4/c1-3-9(2)19-8-13(16)15-6-11(10-4-5-10)12(7-15)14(17)18/h9-12H,3-8H2,1-2H3,(H,17,18)/t9?,11-,12+/m1/s1. The van der Waals surface area contributed by atoms with Crippen LogP contribution in [0.1, 0.15) is 33.1 Å². The van der Waals surface area contributed by atoms with Gasteiger partial charge in [0, 0.05) is 13.1 Å². The molecule has 2 fully saturated rings. The molecule has 0 aromatic carbocycles. The highest BCUT2D eigenvalue weighted by Crippen LogP contribution is 2.44. The molecule has 19 heavy (non-hydrogen) atoms. The third-order valence-corrected chi connectivity index (χ3v) is 4.33. The van der Waals surface area contributed by atoms with E-state index in [4.69, 9.17) is 4.74 Å². The van der Waals surface area contributed by atoms with Crippen molar-refractivity contribution in [1.82, 2.24) is 4.90 Å². The lowest BCUT2D eigenvalue weighted by molar-refractivity contribution is -0.143. The lowest BCUT2D eigenvalue weighted by Gasteiger charge is -2.18. The maximum Gasteiger partial charge on any atom is 0.308 e. The fraction of sp³-hybridized carbons (Fsp3) is 0.857. The second-order valence-electron chi connectivity index (χ2n) is 5.77. The predicted molar refractivity (Wildman–Crippen MR) is 69.6 cm³/mol. The van der Waals surface area contributed by atoms with Gasteiger partial charge in [-0.05, 0) is 38.0 Å².